The Bertz CT molecular complexity index is 431. The van der Waals surface area contributed by atoms with Gasteiger partial charge in [-0.3, -0.25) is 4.79 Å². The molecule has 0 aromatic heterocycles. The molecular formula is C13H19N3O3. The molecule has 6 N–H and O–H groups in total. The maximum absolute atomic E-state index is 11.7. The molecule has 0 bridgehead atoms. The molecule has 0 fully saturated rings. The first-order valence-corrected chi connectivity index (χ1v) is 6.14. The molecule has 0 radical (unpaired) electrons. The molecule has 0 spiro atoms. The van der Waals surface area contributed by atoms with Gasteiger partial charge in [-0.15, -0.1) is 0 Å². The molecule has 0 saturated carbocycles. The van der Waals surface area contributed by atoms with Crippen LogP contribution in [0.25, 0.3) is 0 Å². The number of amides is 1. The highest BCUT2D eigenvalue weighted by Crippen LogP contribution is 2.10. The molecule has 1 atom stereocenters. The van der Waals surface area contributed by atoms with Gasteiger partial charge in [0.25, 0.3) is 0 Å². The van der Waals surface area contributed by atoms with Crippen molar-refractivity contribution in [2.45, 2.75) is 25.3 Å². The summed E-state index contributed by atoms with van der Waals surface area (Å²) in [5, 5.41) is 11.4. The highest BCUT2D eigenvalue weighted by atomic mass is 16.4. The Kier molecular flexibility index (Phi) is 5.98. The largest absolute Gasteiger partial charge is 0.478 e. The third kappa shape index (κ3) is 5.07. The van der Waals surface area contributed by atoms with Crippen molar-refractivity contribution in [3.8, 4) is 0 Å². The van der Waals surface area contributed by atoms with Gasteiger partial charge < -0.3 is 21.9 Å². The van der Waals surface area contributed by atoms with E-state index in [1.54, 1.807) is 0 Å². The minimum atomic E-state index is -1.00. The number of aromatic carboxylic acids is 1. The van der Waals surface area contributed by atoms with Gasteiger partial charge in [-0.1, -0.05) is 6.42 Å². The van der Waals surface area contributed by atoms with Gasteiger partial charge in [0.1, 0.15) is 0 Å². The molecular weight excluding hydrogens is 246 g/mol. The standard InChI is InChI=1S/C13H19N3O3/c14-8-2-1-3-11(15)12(17)16-10-6-4-9(5-7-10)13(18)19/h4-7,11H,1-3,8,14-15H2,(H,16,17)(H,18,19)/t11-/m0/s1. The number of nitrogens with one attached hydrogen (secondary N) is 1. The molecule has 6 nitrogen and oxygen atoms in total. The van der Waals surface area contributed by atoms with Crippen LogP contribution in [0.2, 0.25) is 0 Å². The van der Waals surface area contributed by atoms with Gasteiger partial charge in [-0.2, -0.15) is 0 Å². The molecule has 19 heavy (non-hydrogen) atoms. The third-order valence-electron chi connectivity index (χ3n) is 2.71. The topological polar surface area (TPSA) is 118 Å². The SMILES string of the molecule is NCCCC[C@H](N)C(=O)Nc1ccc(C(=O)O)cc1. The zero-order chi connectivity index (χ0) is 14.3. The molecule has 0 unspecified atom stereocenters. The second-order valence-corrected chi connectivity index (χ2v) is 4.26. The number of rotatable bonds is 7. The summed E-state index contributed by atoms with van der Waals surface area (Å²) in [5.74, 6) is -1.28. The van der Waals surface area contributed by atoms with Gasteiger partial charge >= 0.3 is 5.97 Å². The number of nitrogens with two attached hydrogens (primary N) is 2. The summed E-state index contributed by atoms with van der Waals surface area (Å²) in [5.41, 5.74) is 11.8. The Morgan fingerprint density at radius 2 is 1.84 bits per heavy atom. The van der Waals surface area contributed by atoms with Crippen LogP contribution in [-0.4, -0.2) is 29.6 Å². The Labute approximate surface area is 111 Å². The molecule has 1 rings (SSSR count). The van der Waals surface area contributed by atoms with E-state index in [0.29, 0.717) is 18.7 Å². The number of carboxylic acids is 1. The normalized spacial score (nSPS) is 11.9. The summed E-state index contributed by atoms with van der Waals surface area (Å²) < 4.78 is 0. The molecule has 0 aliphatic carbocycles. The summed E-state index contributed by atoms with van der Waals surface area (Å²) in [6.45, 7) is 0.588. The molecule has 0 heterocycles. The number of hydrogen-bond donors (Lipinski definition) is 4. The smallest absolute Gasteiger partial charge is 0.335 e. The lowest BCUT2D eigenvalue weighted by atomic mass is 10.1. The van der Waals surface area contributed by atoms with E-state index in [0.717, 1.165) is 12.8 Å². The predicted octanol–water partition coefficient (Wildman–Crippen LogP) is 0.780. The third-order valence-corrected chi connectivity index (χ3v) is 2.71. The van der Waals surface area contributed by atoms with Crippen LogP contribution in [0.1, 0.15) is 29.6 Å². The predicted molar refractivity (Wildman–Crippen MR) is 72.9 cm³/mol. The fourth-order valence-corrected chi connectivity index (χ4v) is 1.57. The first-order valence-electron chi connectivity index (χ1n) is 6.14. The fraction of sp³-hybridized carbons (Fsp3) is 0.385. The average Bonchev–Trinajstić information content (AvgIpc) is 2.39. The Morgan fingerprint density at radius 1 is 1.21 bits per heavy atom. The van der Waals surface area contributed by atoms with Crippen LogP contribution >= 0.6 is 0 Å². The lowest BCUT2D eigenvalue weighted by molar-refractivity contribution is -0.117. The first-order chi connectivity index (χ1) is 9.04. The van der Waals surface area contributed by atoms with Crippen LogP contribution in [-0.2, 0) is 4.79 Å². The van der Waals surface area contributed by atoms with E-state index in [1.165, 1.54) is 24.3 Å². The van der Waals surface area contributed by atoms with Crippen LogP contribution < -0.4 is 16.8 Å². The molecule has 1 aromatic carbocycles. The Morgan fingerprint density at radius 3 is 2.37 bits per heavy atom. The van der Waals surface area contributed by atoms with E-state index in [2.05, 4.69) is 5.32 Å². The van der Waals surface area contributed by atoms with Crippen LogP contribution in [0.4, 0.5) is 5.69 Å². The molecule has 0 saturated heterocycles. The first kappa shape index (κ1) is 15.1. The Balaban J connectivity index is 2.49. The molecule has 0 aliphatic heterocycles. The zero-order valence-corrected chi connectivity index (χ0v) is 10.6. The van der Waals surface area contributed by atoms with Crippen molar-refractivity contribution in [3.05, 3.63) is 29.8 Å². The number of carbonyl (C=O) groups excluding carboxylic acids is 1. The summed E-state index contributed by atoms with van der Waals surface area (Å²) in [4.78, 5) is 22.4. The van der Waals surface area contributed by atoms with E-state index in [1.807, 2.05) is 0 Å². The highest BCUT2D eigenvalue weighted by Gasteiger charge is 2.13. The number of carboxylic acid groups (broad SMARTS) is 1. The zero-order valence-electron chi connectivity index (χ0n) is 10.6. The lowest BCUT2D eigenvalue weighted by Gasteiger charge is -2.12. The van der Waals surface area contributed by atoms with Crippen molar-refractivity contribution in [1.82, 2.24) is 0 Å². The maximum Gasteiger partial charge on any atom is 0.335 e. The van der Waals surface area contributed by atoms with Gasteiger partial charge in [0.2, 0.25) is 5.91 Å². The quantitative estimate of drug-likeness (QED) is 0.543. The summed E-state index contributed by atoms with van der Waals surface area (Å²) in [6.07, 6.45) is 2.23. The van der Waals surface area contributed by atoms with Crippen LogP contribution in [0.15, 0.2) is 24.3 Å². The second kappa shape index (κ2) is 7.50. The Hall–Kier alpha value is -1.92. The van der Waals surface area contributed by atoms with Crippen LogP contribution in [0.3, 0.4) is 0 Å². The molecule has 1 aromatic rings. The van der Waals surface area contributed by atoms with Gasteiger partial charge in [0, 0.05) is 5.69 Å². The maximum atomic E-state index is 11.7. The van der Waals surface area contributed by atoms with Crippen molar-refractivity contribution < 1.29 is 14.7 Å². The van der Waals surface area contributed by atoms with E-state index in [9.17, 15) is 9.59 Å². The molecule has 6 heteroatoms. The van der Waals surface area contributed by atoms with Crippen molar-refractivity contribution in [2.75, 3.05) is 11.9 Å². The summed E-state index contributed by atoms with van der Waals surface area (Å²) >= 11 is 0. The van der Waals surface area contributed by atoms with Crippen LogP contribution in [0, 0.1) is 0 Å². The molecule has 104 valence electrons. The molecule has 0 aliphatic rings. The highest BCUT2D eigenvalue weighted by molar-refractivity contribution is 5.95. The van der Waals surface area contributed by atoms with Crippen molar-refractivity contribution in [1.29, 1.82) is 0 Å². The fourth-order valence-electron chi connectivity index (χ4n) is 1.57. The summed E-state index contributed by atoms with van der Waals surface area (Å²) in [6, 6.07) is 5.35. The minimum Gasteiger partial charge on any atom is -0.478 e. The van der Waals surface area contributed by atoms with Gasteiger partial charge in [-0.25, -0.2) is 4.79 Å². The number of carbonyl (C=O) groups is 2. The van der Waals surface area contributed by atoms with E-state index < -0.39 is 12.0 Å². The molecule has 1 amide bonds. The monoisotopic (exact) mass is 265 g/mol. The van der Waals surface area contributed by atoms with Crippen LogP contribution in [0.5, 0.6) is 0 Å². The van der Waals surface area contributed by atoms with E-state index >= 15 is 0 Å². The average molecular weight is 265 g/mol. The second-order valence-electron chi connectivity index (χ2n) is 4.26. The number of hydrogen-bond acceptors (Lipinski definition) is 4. The van der Waals surface area contributed by atoms with Crippen molar-refractivity contribution >= 4 is 17.6 Å². The van der Waals surface area contributed by atoms with Gasteiger partial charge in [0.15, 0.2) is 0 Å². The summed E-state index contributed by atoms with van der Waals surface area (Å²) in [7, 11) is 0. The number of unbranched alkanes of at least 4 members (excludes halogenated alkanes) is 1. The minimum absolute atomic E-state index is 0.172. The van der Waals surface area contributed by atoms with Crippen molar-refractivity contribution in [2.24, 2.45) is 11.5 Å². The van der Waals surface area contributed by atoms with E-state index in [-0.39, 0.29) is 11.5 Å². The van der Waals surface area contributed by atoms with Crippen molar-refractivity contribution in [3.63, 3.8) is 0 Å². The van der Waals surface area contributed by atoms with Gasteiger partial charge in [-0.05, 0) is 43.7 Å². The number of benzene rings is 1. The lowest BCUT2D eigenvalue weighted by Crippen LogP contribution is -2.35. The van der Waals surface area contributed by atoms with Gasteiger partial charge in [0.05, 0.1) is 11.6 Å². The van der Waals surface area contributed by atoms with E-state index in [4.69, 9.17) is 16.6 Å². The number of anilines is 1.